The van der Waals surface area contributed by atoms with Gasteiger partial charge in [-0.2, -0.15) is 5.26 Å². The van der Waals surface area contributed by atoms with Crippen LogP contribution in [0.3, 0.4) is 0 Å². The summed E-state index contributed by atoms with van der Waals surface area (Å²) in [7, 11) is 4.23. The van der Waals surface area contributed by atoms with Gasteiger partial charge in [-0.3, -0.25) is 18.7 Å². The summed E-state index contributed by atoms with van der Waals surface area (Å²) >= 11 is 0. The number of nitrogens with two attached hydrogens (primary N) is 1. The molecule has 0 fully saturated rings. The van der Waals surface area contributed by atoms with Crippen molar-refractivity contribution in [3.63, 3.8) is 0 Å². The van der Waals surface area contributed by atoms with Gasteiger partial charge < -0.3 is 20.1 Å². The van der Waals surface area contributed by atoms with Gasteiger partial charge in [0.2, 0.25) is 17.7 Å². The molecule has 2 N–H and O–H groups in total. The molecule has 174 valence electrons. The van der Waals surface area contributed by atoms with Crippen LogP contribution in [0.5, 0.6) is 11.6 Å². The fourth-order valence-corrected chi connectivity index (χ4v) is 5.51. The normalized spacial score (nSPS) is 21.6. The van der Waals surface area contributed by atoms with Crippen LogP contribution in [0.4, 0.5) is 5.69 Å². The van der Waals surface area contributed by atoms with Crippen LogP contribution in [0.25, 0.3) is 5.57 Å². The summed E-state index contributed by atoms with van der Waals surface area (Å²) in [6.07, 6.45) is 1.95. The molecule has 4 heterocycles. The number of anilines is 1. The number of aromatic nitrogens is 2. The molecule has 1 aromatic carbocycles. The first-order chi connectivity index (χ1) is 15.9. The van der Waals surface area contributed by atoms with Gasteiger partial charge in [-0.1, -0.05) is 6.08 Å². The Hall–Kier alpha value is -4.26. The van der Waals surface area contributed by atoms with Crippen LogP contribution in [-0.4, -0.2) is 27.7 Å². The molecular weight excluding hydrogens is 438 g/mol. The number of methoxy groups -OCH3 is 1. The van der Waals surface area contributed by atoms with Gasteiger partial charge in [0.25, 0.3) is 5.56 Å². The van der Waals surface area contributed by atoms with Gasteiger partial charge in [-0.05, 0) is 38.5 Å². The fraction of sp³-hybridized carbons (Fsp3) is 0.333. The highest BCUT2D eigenvalue weighted by atomic mass is 16.5. The minimum atomic E-state index is -1.92. The second-order valence-corrected chi connectivity index (χ2v) is 9.28. The molecule has 0 unspecified atom stereocenters. The average Bonchev–Trinajstić information content (AvgIpc) is 3.04. The standard InChI is InChI=1S/C24H23N5O5/c1-11-9-23(2,3)29-17-13(11)7-12(33-6)8-14(17)24(21(29)31)15(10-25)18(26)34-20-16(24)19(30)27(4)22(32)28(20)5/h7-9H,26H2,1-6H3/t24-/m0/s1. The zero-order valence-corrected chi connectivity index (χ0v) is 19.6. The average molecular weight is 461 g/mol. The van der Waals surface area contributed by atoms with E-state index in [1.54, 1.807) is 11.0 Å². The van der Waals surface area contributed by atoms with Crippen molar-refractivity contribution >= 4 is 17.2 Å². The Balaban J connectivity index is 2.08. The maximum atomic E-state index is 14.5. The lowest BCUT2D eigenvalue weighted by molar-refractivity contribution is -0.121. The van der Waals surface area contributed by atoms with Crippen LogP contribution >= 0.6 is 0 Å². The van der Waals surface area contributed by atoms with Gasteiger partial charge >= 0.3 is 5.69 Å². The molecule has 10 heteroatoms. The van der Waals surface area contributed by atoms with Crippen LogP contribution in [-0.2, 0) is 24.3 Å². The Morgan fingerprint density at radius 1 is 1.15 bits per heavy atom. The minimum Gasteiger partial charge on any atom is -0.497 e. The van der Waals surface area contributed by atoms with Crippen molar-refractivity contribution < 1.29 is 14.3 Å². The predicted molar refractivity (Wildman–Crippen MR) is 123 cm³/mol. The Bertz CT molecular complexity index is 1570. The maximum absolute atomic E-state index is 14.5. The molecule has 34 heavy (non-hydrogen) atoms. The molecule has 3 aliphatic rings. The SMILES string of the molecule is COc1cc2c3c(c1)[C@]1(C(=O)N3C(C)(C)C=C2C)C(C#N)=C(N)Oc2c1c(=O)n(C)c(=O)n2C. The number of amides is 1. The Kier molecular flexibility index (Phi) is 4.07. The molecule has 10 nitrogen and oxygen atoms in total. The maximum Gasteiger partial charge on any atom is 0.333 e. The van der Waals surface area contributed by atoms with E-state index in [0.717, 1.165) is 20.3 Å². The van der Waals surface area contributed by atoms with Gasteiger partial charge in [0.15, 0.2) is 5.41 Å². The predicted octanol–water partition coefficient (Wildman–Crippen LogP) is 1.01. The van der Waals surface area contributed by atoms with E-state index in [9.17, 15) is 19.6 Å². The van der Waals surface area contributed by atoms with Crippen molar-refractivity contribution in [3.05, 3.63) is 67.2 Å². The molecule has 1 atom stereocenters. The van der Waals surface area contributed by atoms with Crippen molar-refractivity contribution in [2.75, 3.05) is 12.0 Å². The lowest BCUT2D eigenvalue weighted by Gasteiger charge is -2.40. The van der Waals surface area contributed by atoms with E-state index in [-0.39, 0.29) is 22.9 Å². The van der Waals surface area contributed by atoms with Gasteiger partial charge in [-0.25, -0.2) is 4.79 Å². The number of ether oxygens (including phenoxy) is 2. The minimum absolute atomic E-state index is 0.133. The molecule has 1 amide bonds. The second-order valence-electron chi connectivity index (χ2n) is 9.28. The molecule has 0 bridgehead atoms. The monoisotopic (exact) mass is 461 g/mol. The van der Waals surface area contributed by atoms with Crippen LogP contribution < -0.4 is 31.4 Å². The zero-order valence-electron chi connectivity index (χ0n) is 19.6. The van der Waals surface area contributed by atoms with E-state index in [1.165, 1.54) is 21.2 Å². The lowest BCUT2D eigenvalue weighted by atomic mass is 9.69. The summed E-state index contributed by atoms with van der Waals surface area (Å²) in [4.78, 5) is 42.4. The third-order valence-corrected chi connectivity index (χ3v) is 6.97. The van der Waals surface area contributed by atoms with E-state index in [2.05, 4.69) is 0 Å². The third kappa shape index (κ3) is 2.21. The fourth-order valence-electron chi connectivity index (χ4n) is 5.51. The van der Waals surface area contributed by atoms with Gasteiger partial charge in [0.1, 0.15) is 23.0 Å². The van der Waals surface area contributed by atoms with E-state index in [1.807, 2.05) is 39.0 Å². The molecule has 2 aromatic rings. The van der Waals surface area contributed by atoms with Gasteiger partial charge in [0.05, 0.1) is 18.3 Å². The Morgan fingerprint density at radius 3 is 2.44 bits per heavy atom. The van der Waals surface area contributed by atoms with E-state index >= 15 is 0 Å². The molecule has 3 aliphatic heterocycles. The molecule has 1 aromatic heterocycles. The van der Waals surface area contributed by atoms with Crippen molar-refractivity contribution in [2.45, 2.75) is 31.7 Å². The van der Waals surface area contributed by atoms with Crippen LogP contribution in [0.2, 0.25) is 0 Å². The molecule has 0 saturated heterocycles. The molecule has 5 rings (SSSR count). The van der Waals surface area contributed by atoms with Gasteiger partial charge in [0, 0.05) is 25.2 Å². The lowest BCUT2D eigenvalue weighted by Crippen LogP contribution is -2.56. The van der Waals surface area contributed by atoms with Crippen molar-refractivity contribution in [3.8, 4) is 17.7 Å². The summed E-state index contributed by atoms with van der Waals surface area (Å²) in [5, 5.41) is 10.2. The Labute approximate surface area is 194 Å². The largest absolute Gasteiger partial charge is 0.497 e. The number of nitriles is 1. The number of carbonyl (C=O) groups is 1. The number of hydrogen-bond donors (Lipinski definition) is 1. The van der Waals surface area contributed by atoms with Crippen LogP contribution in [0.15, 0.2) is 39.3 Å². The van der Waals surface area contributed by atoms with Crippen LogP contribution in [0.1, 0.15) is 37.5 Å². The third-order valence-electron chi connectivity index (χ3n) is 6.97. The summed E-state index contributed by atoms with van der Waals surface area (Å²) < 4.78 is 13.2. The van der Waals surface area contributed by atoms with Crippen molar-refractivity contribution in [1.29, 1.82) is 5.26 Å². The molecule has 0 radical (unpaired) electrons. The second kappa shape index (κ2) is 6.41. The molecule has 0 saturated carbocycles. The number of fused-ring (bicyclic) bond motifs is 3. The number of rotatable bonds is 1. The summed E-state index contributed by atoms with van der Waals surface area (Å²) in [6, 6.07) is 5.49. The number of benzene rings is 1. The van der Waals surface area contributed by atoms with E-state index in [4.69, 9.17) is 15.2 Å². The summed E-state index contributed by atoms with van der Waals surface area (Å²) in [5.41, 5.74) is 4.36. The van der Waals surface area contributed by atoms with Gasteiger partial charge in [-0.15, -0.1) is 0 Å². The highest BCUT2D eigenvalue weighted by molar-refractivity contribution is 6.17. The molecule has 0 aliphatic carbocycles. The molecular formula is C24H23N5O5. The number of allylic oxidation sites excluding steroid dienone is 1. The summed E-state index contributed by atoms with van der Waals surface area (Å²) in [6.45, 7) is 5.69. The smallest absolute Gasteiger partial charge is 0.333 e. The van der Waals surface area contributed by atoms with E-state index in [0.29, 0.717) is 17.0 Å². The quantitative estimate of drug-likeness (QED) is 0.670. The number of hydrogen-bond acceptors (Lipinski definition) is 7. The topological polar surface area (TPSA) is 133 Å². The van der Waals surface area contributed by atoms with E-state index < -0.39 is 28.1 Å². The Morgan fingerprint density at radius 2 is 1.82 bits per heavy atom. The highest BCUT2D eigenvalue weighted by Gasteiger charge is 2.64. The van der Waals surface area contributed by atoms with Crippen LogP contribution in [0, 0.1) is 11.3 Å². The first kappa shape index (κ1) is 21.6. The molecule has 1 spiro atoms. The zero-order chi connectivity index (χ0) is 24.9. The number of nitrogens with zero attached hydrogens (tertiary/aromatic N) is 4. The first-order valence-corrected chi connectivity index (χ1v) is 10.6. The summed E-state index contributed by atoms with van der Waals surface area (Å²) in [5.74, 6) is -0.589. The number of carbonyl (C=O) groups excluding carboxylic acids is 1. The first-order valence-electron chi connectivity index (χ1n) is 10.6. The highest BCUT2D eigenvalue weighted by Crippen LogP contribution is 2.59. The van der Waals surface area contributed by atoms with Crippen molar-refractivity contribution in [1.82, 2.24) is 9.13 Å². The van der Waals surface area contributed by atoms with Crippen molar-refractivity contribution in [2.24, 2.45) is 19.8 Å².